The van der Waals surface area contributed by atoms with Crippen LogP contribution in [0.2, 0.25) is 0 Å². The second-order valence-corrected chi connectivity index (χ2v) is 6.85. The van der Waals surface area contributed by atoms with E-state index < -0.39 is 10.0 Å². The van der Waals surface area contributed by atoms with Gasteiger partial charge in [0.15, 0.2) is 3.77 Å². The molecule has 0 aliphatic heterocycles. The maximum atomic E-state index is 11.4. The summed E-state index contributed by atoms with van der Waals surface area (Å²) in [5.74, 6) is 0.907. The van der Waals surface area contributed by atoms with E-state index in [9.17, 15) is 8.42 Å². The van der Waals surface area contributed by atoms with Crippen molar-refractivity contribution in [1.82, 2.24) is 9.62 Å². The standard InChI is InChI=1S/C9H15IN2O3S/c1-12(2)16(13,14)6-5-11-7-8-3-4-9(10)15-8/h3-4,11H,5-7H2,1-2H3. The largest absolute Gasteiger partial charge is 0.454 e. The van der Waals surface area contributed by atoms with Crippen molar-refractivity contribution in [2.45, 2.75) is 6.54 Å². The Kier molecular flexibility index (Phi) is 5.22. The molecule has 1 rings (SSSR count). The van der Waals surface area contributed by atoms with E-state index in [2.05, 4.69) is 27.9 Å². The Morgan fingerprint density at radius 1 is 1.44 bits per heavy atom. The number of furan rings is 1. The molecule has 0 aliphatic carbocycles. The molecule has 0 fully saturated rings. The fourth-order valence-corrected chi connectivity index (χ4v) is 2.27. The van der Waals surface area contributed by atoms with E-state index in [1.54, 1.807) is 0 Å². The molecule has 0 unspecified atom stereocenters. The number of rotatable bonds is 6. The van der Waals surface area contributed by atoms with Gasteiger partial charge in [-0.1, -0.05) is 0 Å². The van der Waals surface area contributed by atoms with Crippen molar-refractivity contribution in [3.8, 4) is 0 Å². The molecule has 0 radical (unpaired) electrons. The van der Waals surface area contributed by atoms with Gasteiger partial charge in [0.1, 0.15) is 5.76 Å². The Bertz CT molecular complexity index is 428. The maximum Gasteiger partial charge on any atom is 0.214 e. The second kappa shape index (κ2) is 5.99. The molecule has 1 aromatic heterocycles. The zero-order valence-corrected chi connectivity index (χ0v) is 12.2. The maximum absolute atomic E-state index is 11.4. The molecule has 1 heterocycles. The summed E-state index contributed by atoms with van der Waals surface area (Å²) in [6.45, 7) is 0.962. The van der Waals surface area contributed by atoms with Gasteiger partial charge >= 0.3 is 0 Å². The van der Waals surface area contributed by atoms with Crippen LogP contribution in [0.5, 0.6) is 0 Å². The van der Waals surface area contributed by atoms with E-state index in [-0.39, 0.29) is 5.75 Å². The Morgan fingerprint density at radius 3 is 2.62 bits per heavy atom. The van der Waals surface area contributed by atoms with Crippen LogP contribution in [-0.2, 0) is 16.6 Å². The van der Waals surface area contributed by atoms with Gasteiger partial charge in [-0.05, 0) is 34.7 Å². The SMILES string of the molecule is CN(C)S(=O)(=O)CCNCc1ccc(I)o1. The van der Waals surface area contributed by atoms with Crippen molar-refractivity contribution in [3.63, 3.8) is 0 Å². The second-order valence-electron chi connectivity index (χ2n) is 3.48. The molecule has 92 valence electrons. The van der Waals surface area contributed by atoms with Crippen molar-refractivity contribution < 1.29 is 12.8 Å². The smallest absolute Gasteiger partial charge is 0.214 e. The Labute approximate surface area is 109 Å². The highest BCUT2D eigenvalue weighted by Gasteiger charge is 2.12. The molecule has 1 aromatic rings. The lowest BCUT2D eigenvalue weighted by molar-refractivity contribution is 0.464. The van der Waals surface area contributed by atoms with Gasteiger partial charge in [-0.15, -0.1) is 0 Å². The lowest BCUT2D eigenvalue weighted by Crippen LogP contribution is -2.30. The quantitative estimate of drug-likeness (QED) is 0.606. The third-order valence-electron chi connectivity index (χ3n) is 2.02. The number of sulfonamides is 1. The third kappa shape index (κ3) is 4.40. The lowest BCUT2D eigenvalue weighted by atomic mass is 10.4. The van der Waals surface area contributed by atoms with Gasteiger partial charge in [-0.3, -0.25) is 0 Å². The molecular weight excluding hydrogens is 343 g/mol. The van der Waals surface area contributed by atoms with Gasteiger partial charge in [0, 0.05) is 20.6 Å². The molecule has 0 aliphatic rings. The molecule has 0 spiro atoms. The third-order valence-corrected chi connectivity index (χ3v) is 4.43. The first-order valence-corrected chi connectivity index (χ1v) is 7.46. The van der Waals surface area contributed by atoms with E-state index in [1.807, 2.05) is 12.1 Å². The van der Waals surface area contributed by atoms with Crippen molar-refractivity contribution >= 4 is 32.6 Å². The van der Waals surface area contributed by atoms with Crippen LogP contribution in [0.15, 0.2) is 16.5 Å². The van der Waals surface area contributed by atoms with Crippen molar-refractivity contribution in [2.24, 2.45) is 0 Å². The molecule has 0 saturated carbocycles. The summed E-state index contributed by atoms with van der Waals surface area (Å²) in [6.07, 6.45) is 0. The molecule has 16 heavy (non-hydrogen) atoms. The first-order valence-electron chi connectivity index (χ1n) is 4.77. The minimum atomic E-state index is -3.11. The van der Waals surface area contributed by atoms with E-state index in [0.717, 1.165) is 9.53 Å². The van der Waals surface area contributed by atoms with Crippen LogP contribution in [0.1, 0.15) is 5.76 Å². The molecule has 5 nitrogen and oxygen atoms in total. The summed E-state index contributed by atoms with van der Waals surface area (Å²) in [5.41, 5.74) is 0. The number of nitrogens with zero attached hydrogens (tertiary/aromatic N) is 1. The lowest BCUT2D eigenvalue weighted by Gasteiger charge is -2.10. The average Bonchev–Trinajstić information content (AvgIpc) is 2.59. The van der Waals surface area contributed by atoms with Crippen molar-refractivity contribution in [1.29, 1.82) is 0 Å². The molecule has 0 saturated heterocycles. The van der Waals surface area contributed by atoms with Crippen LogP contribution in [0.25, 0.3) is 0 Å². The highest BCUT2D eigenvalue weighted by molar-refractivity contribution is 14.1. The van der Waals surface area contributed by atoms with Crippen LogP contribution in [0.3, 0.4) is 0 Å². The number of hydrogen-bond acceptors (Lipinski definition) is 4. The fraction of sp³-hybridized carbons (Fsp3) is 0.556. The summed E-state index contributed by atoms with van der Waals surface area (Å²) in [4.78, 5) is 0. The number of nitrogens with one attached hydrogen (secondary N) is 1. The van der Waals surface area contributed by atoms with E-state index >= 15 is 0 Å². The minimum absolute atomic E-state index is 0.0950. The van der Waals surface area contributed by atoms with Gasteiger partial charge in [0.25, 0.3) is 0 Å². The van der Waals surface area contributed by atoms with Crippen LogP contribution in [-0.4, -0.2) is 39.1 Å². The van der Waals surface area contributed by atoms with Crippen LogP contribution >= 0.6 is 22.6 Å². The summed E-state index contributed by atoms with van der Waals surface area (Å²) < 4.78 is 30.2. The van der Waals surface area contributed by atoms with Crippen molar-refractivity contribution in [3.05, 3.63) is 21.7 Å². The summed E-state index contributed by atoms with van der Waals surface area (Å²) in [5, 5.41) is 3.02. The monoisotopic (exact) mass is 358 g/mol. The van der Waals surface area contributed by atoms with Gasteiger partial charge in [0.05, 0.1) is 12.3 Å². The number of halogens is 1. The summed E-state index contributed by atoms with van der Waals surface area (Å²) >= 11 is 2.09. The highest BCUT2D eigenvalue weighted by atomic mass is 127. The first-order chi connectivity index (χ1) is 7.42. The number of hydrogen-bond donors (Lipinski definition) is 1. The van der Waals surface area contributed by atoms with Gasteiger partial charge < -0.3 is 9.73 Å². The molecular formula is C9H15IN2O3S. The normalized spacial score (nSPS) is 12.2. The van der Waals surface area contributed by atoms with Crippen LogP contribution < -0.4 is 5.32 Å². The minimum Gasteiger partial charge on any atom is -0.454 e. The van der Waals surface area contributed by atoms with Gasteiger partial charge in [-0.2, -0.15) is 0 Å². The van der Waals surface area contributed by atoms with Crippen LogP contribution in [0.4, 0.5) is 0 Å². The summed E-state index contributed by atoms with van der Waals surface area (Å²) in [6, 6.07) is 3.74. The molecule has 0 aromatic carbocycles. The predicted octanol–water partition coefficient (Wildman–Crippen LogP) is 0.865. The topological polar surface area (TPSA) is 62.6 Å². The zero-order chi connectivity index (χ0) is 12.2. The molecule has 7 heteroatoms. The van der Waals surface area contributed by atoms with E-state index in [4.69, 9.17) is 4.42 Å². The van der Waals surface area contributed by atoms with Crippen molar-refractivity contribution in [2.75, 3.05) is 26.4 Å². The predicted molar refractivity (Wildman–Crippen MR) is 70.6 cm³/mol. The molecule has 0 amide bonds. The fourth-order valence-electron chi connectivity index (χ4n) is 1.04. The zero-order valence-electron chi connectivity index (χ0n) is 9.23. The van der Waals surface area contributed by atoms with E-state index in [1.165, 1.54) is 18.4 Å². The molecule has 1 N–H and O–H groups in total. The van der Waals surface area contributed by atoms with Gasteiger partial charge in [0.2, 0.25) is 10.0 Å². The van der Waals surface area contributed by atoms with E-state index in [0.29, 0.717) is 13.1 Å². The highest BCUT2D eigenvalue weighted by Crippen LogP contribution is 2.09. The Hall–Kier alpha value is -0.120. The summed E-state index contributed by atoms with van der Waals surface area (Å²) in [7, 11) is -0.0447. The molecule has 0 bridgehead atoms. The first kappa shape index (κ1) is 13.9. The van der Waals surface area contributed by atoms with Crippen LogP contribution in [0, 0.1) is 3.77 Å². The van der Waals surface area contributed by atoms with Gasteiger partial charge in [-0.25, -0.2) is 12.7 Å². The molecule has 0 atom stereocenters. The Balaban J connectivity index is 2.27. The Morgan fingerprint density at radius 2 is 2.12 bits per heavy atom. The average molecular weight is 358 g/mol.